The summed E-state index contributed by atoms with van der Waals surface area (Å²) in [5, 5.41) is 0. The van der Waals surface area contributed by atoms with Crippen LogP contribution in [0, 0.1) is 0 Å². The van der Waals surface area contributed by atoms with E-state index in [9.17, 15) is 19.0 Å². The van der Waals surface area contributed by atoms with Crippen LogP contribution in [0.25, 0.3) is 0 Å². The van der Waals surface area contributed by atoms with Crippen LogP contribution in [0.3, 0.4) is 0 Å². The van der Waals surface area contributed by atoms with Gasteiger partial charge in [-0.25, -0.2) is 4.57 Å². The van der Waals surface area contributed by atoms with E-state index < -0.39 is 26.5 Å². The van der Waals surface area contributed by atoms with Crippen molar-refractivity contribution in [3.8, 4) is 0 Å². The number of quaternary nitrogens is 1. The molecule has 2 unspecified atom stereocenters. The molecule has 0 rings (SSSR count). The molecule has 490 valence electrons. The number of unbranched alkanes of at least 4 members (excludes halogenated alkanes) is 40. The Morgan fingerprint density at radius 2 is 0.679 bits per heavy atom. The van der Waals surface area contributed by atoms with Crippen molar-refractivity contribution in [2.45, 2.75) is 341 Å². The molecule has 0 saturated carbocycles. The van der Waals surface area contributed by atoms with E-state index in [0.717, 1.165) is 70.6 Å². The fourth-order valence-electron chi connectivity index (χ4n) is 10.3. The minimum atomic E-state index is -4.39. The highest BCUT2D eigenvalue weighted by molar-refractivity contribution is 7.47. The summed E-state index contributed by atoms with van der Waals surface area (Å²) in [4.78, 5) is 35.9. The maximum absolute atomic E-state index is 12.9. The van der Waals surface area contributed by atoms with Crippen LogP contribution in [0.15, 0.2) is 72.9 Å². The highest BCUT2D eigenvalue weighted by atomic mass is 31.2. The number of hydrogen-bond donors (Lipinski definition) is 1. The third-order valence-corrected chi connectivity index (χ3v) is 16.7. The third-order valence-electron chi connectivity index (χ3n) is 15.8. The molecule has 9 nitrogen and oxygen atoms in total. The normalized spacial score (nSPS) is 13.5. The second-order valence-electron chi connectivity index (χ2n) is 25.3. The molecule has 0 aromatic heterocycles. The van der Waals surface area contributed by atoms with Crippen LogP contribution in [0.5, 0.6) is 0 Å². The van der Waals surface area contributed by atoms with E-state index >= 15 is 0 Å². The number of likely N-dealkylation sites (N-methyl/N-ethyl adjacent to an activating group) is 1. The lowest BCUT2D eigenvalue weighted by atomic mass is 10.0. The molecule has 0 heterocycles. The lowest BCUT2D eigenvalue weighted by Gasteiger charge is -2.24. The second kappa shape index (κ2) is 64.9. The van der Waals surface area contributed by atoms with Gasteiger partial charge in [-0.05, 0) is 64.2 Å². The Labute approximate surface area is 520 Å². The SMILES string of the molecule is CC/C=C\C/C=C\C/C=C\C/C=C\C/C=C\C/C=C\CCCCCCCCCCCCCCCCCCCCCCC(=O)OC(COC(=O)CCCCCCCCCCCCCCCCCCCCCCC)COP(=O)(O)OCC[N+](C)(C)C. The number of esters is 2. The van der Waals surface area contributed by atoms with Gasteiger partial charge < -0.3 is 18.9 Å². The molecular weight excluding hydrogens is 1060 g/mol. The number of allylic oxidation sites excluding steroid dienone is 12. The molecular formula is C74H137NO8P+. The molecule has 0 fully saturated rings. The summed E-state index contributed by atoms with van der Waals surface area (Å²) in [6, 6.07) is 0. The highest BCUT2D eigenvalue weighted by Crippen LogP contribution is 2.43. The molecule has 0 bridgehead atoms. The zero-order valence-electron chi connectivity index (χ0n) is 55.9. The van der Waals surface area contributed by atoms with Crippen molar-refractivity contribution >= 4 is 19.8 Å². The highest BCUT2D eigenvalue weighted by Gasteiger charge is 2.27. The molecule has 2 atom stereocenters. The fourth-order valence-corrected chi connectivity index (χ4v) is 11.1. The molecule has 0 aliphatic carbocycles. The number of carbonyl (C=O) groups is 2. The van der Waals surface area contributed by atoms with Crippen molar-refractivity contribution in [2.75, 3.05) is 47.5 Å². The summed E-state index contributed by atoms with van der Waals surface area (Å²) in [6.45, 7) is 4.38. The monoisotopic (exact) mass is 1200 g/mol. The molecule has 0 spiro atoms. The summed E-state index contributed by atoms with van der Waals surface area (Å²) in [6.07, 6.45) is 87.3. The second-order valence-corrected chi connectivity index (χ2v) is 26.7. The Morgan fingerprint density at radius 1 is 0.381 bits per heavy atom. The van der Waals surface area contributed by atoms with Crippen molar-refractivity contribution < 1.29 is 42.1 Å². The third kappa shape index (κ3) is 68.6. The van der Waals surface area contributed by atoms with Crippen molar-refractivity contribution in [2.24, 2.45) is 0 Å². The maximum Gasteiger partial charge on any atom is 0.472 e. The van der Waals surface area contributed by atoms with Crippen LogP contribution in [0.1, 0.15) is 335 Å². The van der Waals surface area contributed by atoms with Crippen molar-refractivity contribution in [1.29, 1.82) is 0 Å². The summed E-state index contributed by atoms with van der Waals surface area (Å²) in [5.74, 6) is -0.778. The minimum Gasteiger partial charge on any atom is -0.462 e. The Hall–Kier alpha value is -2.55. The van der Waals surface area contributed by atoms with Crippen molar-refractivity contribution in [1.82, 2.24) is 0 Å². The quantitative estimate of drug-likeness (QED) is 0.0211. The standard InChI is InChI=1S/C74H136NO8P/c1-6-8-10-12-14-16-18-20-22-24-26-28-29-30-31-32-33-34-35-36-37-38-39-40-41-42-43-44-45-47-49-51-53-55-57-59-61-63-65-67-74(77)83-72(71-82-84(78,79)81-69-68-75(3,4)5)70-80-73(76)66-64-62-60-58-56-54-52-50-48-46-27-25-23-21-19-17-15-13-11-9-7-2/h8,10,14,16,20,22,26,28,30-31,33-34,72H,6-7,9,11-13,15,17-19,21,23-25,27,29,32,35-71H2,1-5H3/p+1/b10-8-,16-14-,22-20-,28-26-,31-30-,34-33-. The first-order chi connectivity index (χ1) is 41.0. The van der Waals surface area contributed by atoms with Gasteiger partial charge in [0.05, 0.1) is 27.7 Å². The average Bonchev–Trinajstić information content (AvgIpc) is 3.61. The number of hydrogen-bond acceptors (Lipinski definition) is 7. The predicted octanol–water partition coefficient (Wildman–Crippen LogP) is 23.2. The van der Waals surface area contributed by atoms with Gasteiger partial charge in [0, 0.05) is 12.8 Å². The van der Waals surface area contributed by atoms with E-state index in [2.05, 4.69) is 86.8 Å². The van der Waals surface area contributed by atoms with Crippen molar-refractivity contribution in [3.05, 3.63) is 72.9 Å². The summed E-state index contributed by atoms with van der Waals surface area (Å²) >= 11 is 0. The topological polar surface area (TPSA) is 108 Å². The molecule has 0 amide bonds. The van der Waals surface area contributed by atoms with Crippen LogP contribution in [-0.4, -0.2) is 74.9 Å². The number of nitrogens with zero attached hydrogens (tertiary/aromatic N) is 1. The molecule has 84 heavy (non-hydrogen) atoms. The van der Waals surface area contributed by atoms with Gasteiger partial charge in [-0.15, -0.1) is 0 Å². The van der Waals surface area contributed by atoms with Crippen LogP contribution >= 0.6 is 7.82 Å². The number of rotatable bonds is 66. The molecule has 0 aliphatic rings. The Kier molecular flexibility index (Phi) is 62.9. The first-order valence-electron chi connectivity index (χ1n) is 35.7. The van der Waals surface area contributed by atoms with Gasteiger partial charge in [-0.1, -0.05) is 331 Å². The predicted molar refractivity (Wildman–Crippen MR) is 363 cm³/mol. The maximum atomic E-state index is 12.9. The molecule has 0 radical (unpaired) electrons. The lowest BCUT2D eigenvalue weighted by Crippen LogP contribution is -2.37. The van der Waals surface area contributed by atoms with Crippen LogP contribution in [-0.2, 0) is 32.7 Å². The van der Waals surface area contributed by atoms with E-state index in [1.54, 1.807) is 0 Å². The van der Waals surface area contributed by atoms with Gasteiger partial charge in [0.2, 0.25) is 0 Å². The number of carbonyl (C=O) groups excluding carboxylic acids is 2. The largest absolute Gasteiger partial charge is 0.472 e. The number of ether oxygens (including phenoxy) is 2. The van der Waals surface area contributed by atoms with E-state index in [-0.39, 0.29) is 25.6 Å². The average molecular weight is 1200 g/mol. The smallest absolute Gasteiger partial charge is 0.462 e. The van der Waals surface area contributed by atoms with E-state index in [1.807, 2.05) is 21.1 Å². The minimum absolute atomic E-state index is 0.0336. The molecule has 10 heteroatoms. The Bertz CT molecular complexity index is 1650. The summed E-state index contributed by atoms with van der Waals surface area (Å²) < 4.78 is 34.7. The number of phosphoric acid groups is 1. The Morgan fingerprint density at radius 3 is 1.01 bits per heavy atom. The zero-order chi connectivity index (χ0) is 61.2. The van der Waals surface area contributed by atoms with Gasteiger partial charge in [-0.3, -0.25) is 18.6 Å². The zero-order valence-corrected chi connectivity index (χ0v) is 56.8. The first-order valence-corrected chi connectivity index (χ1v) is 37.2. The van der Waals surface area contributed by atoms with Gasteiger partial charge in [0.1, 0.15) is 19.8 Å². The lowest BCUT2D eigenvalue weighted by molar-refractivity contribution is -0.870. The van der Waals surface area contributed by atoms with Crippen LogP contribution in [0.2, 0.25) is 0 Å². The molecule has 0 aromatic rings. The summed E-state index contributed by atoms with van der Waals surface area (Å²) in [5.41, 5.74) is 0. The van der Waals surface area contributed by atoms with E-state index in [1.165, 1.54) is 231 Å². The van der Waals surface area contributed by atoms with Gasteiger partial charge in [0.15, 0.2) is 6.10 Å². The first kappa shape index (κ1) is 81.5. The number of phosphoric ester groups is 1. The van der Waals surface area contributed by atoms with Crippen LogP contribution in [0.4, 0.5) is 0 Å². The van der Waals surface area contributed by atoms with Crippen LogP contribution < -0.4 is 0 Å². The van der Waals surface area contributed by atoms with E-state index in [4.69, 9.17) is 18.5 Å². The fraction of sp³-hybridized carbons (Fsp3) is 0.811. The molecule has 1 N–H and O–H groups in total. The summed E-state index contributed by atoms with van der Waals surface area (Å²) in [7, 11) is 1.49. The van der Waals surface area contributed by atoms with E-state index in [0.29, 0.717) is 23.9 Å². The molecule has 0 aromatic carbocycles. The molecule has 0 aliphatic heterocycles. The van der Waals surface area contributed by atoms with Gasteiger partial charge >= 0.3 is 19.8 Å². The molecule has 0 saturated heterocycles. The van der Waals surface area contributed by atoms with Gasteiger partial charge in [-0.2, -0.15) is 0 Å². The van der Waals surface area contributed by atoms with Crippen molar-refractivity contribution in [3.63, 3.8) is 0 Å². The Balaban J connectivity index is 3.95. The van der Waals surface area contributed by atoms with Gasteiger partial charge in [0.25, 0.3) is 0 Å².